The lowest BCUT2D eigenvalue weighted by molar-refractivity contribution is -0.117. The highest BCUT2D eigenvalue weighted by Crippen LogP contribution is 2.30. The summed E-state index contributed by atoms with van der Waals surface area (Å²) < 4.78 is 16.4. The number of carbonyl (C=O) groups excluding carboxylic acids is 1. The average Bonchev–Trinajstić information content (AvgIpc) is 2.72. The van der Waals surface area contributed by atoms with Gasteiger partial charge in [-0.15, -0.1) is 0 Å². The van der Waals surface area contributed by atoms with E-state index < -0.39 is 5.91 Å². The van der Waals surface area contributed by atoms with Crippen LogP contribution in [0.2, 0.25) is 5.02 Å². The van der Waals surface area contributed by atoms with Crippen LogP contribution in [0.5, 0.6) is 11.5 Å². The van der Waals surface area contributed by atoms with E-state index >= 15 is 0 Å². The highest BCUT2D eigenvalue weighted by Gasteiger charge is 2.11. The van der Waals surface area contributed by atoms with Gasteiger partial charge < -0.3 is 19.5 Å². The van der Waals surface area contributed by atoms with Crippen LogP contribution in [0.1, 0.15) is 18.1 Å². The molecule has 7 heteroatoms. The number of hydrogen-bond acceptors (Lipinski definition) is 5. The second kappa shape index (κ2) is 11.7. The van der Waals surface area contributed by atoms with E-state index in [4.69, 9.17) is 25.8 Å². The molecule has 2 aromatic rings. The van der Waals surface area contributed by atoms with E-state index in [1.54, 1.807) is 24.3 Å². The molecule has 2 aromatic carbocycles. The monoisotopic (exact) mass is 414 g/mol. The van der Waals surface area contributed by atoms with Crippen LogP contribution < -0.4 is 14.8 Å². The van der Waals surface area contributed by atoms with Crippen molar-refractivity contribution in [1.29, 1.82) is 5.26 Å². The van der Waals surface area contributed by atoms with Gasteiger partial charge in [0, 0.05) is 24.2 Å². The molecule has 0 heterocycles. The Hall–Kier alpha value is -3.01. The van der Waals surface area contributed by atoms with E-state index in [0.29, 0.717) is 48.5 Å². The molecule has 152 valence electrons. The molecule has 1 amide bonds. The van der Waals surface area contributed by atoms with Crippen LogP contribution in [0.3, 0.4) is 0 Å². The van der Waals surface area contributed by atoms with Gasteiger partial charge >= 0.3 is 0 Å². The highest BCUT2D eigenvalue weighted by atomic mass is 35.5. The number of rotatable bonds is 10. The average molecular weight is 415 g/mol. The first-order valence-electron chi connectivity index (χ1n) is 9.11. The maximum absolute atomic E-state index is 12.1. The van der Waals surface area contributed by atoms with Gasteiger partial charge in [0.2, 0.25) is 0 Å². The molecule has 0 aliphatic rings. The Bertz CT molecular complexity index is 906. The number of carbonyl (C=O) groups is 1. The van der Waals surface area contributed by atoms with E-state index in [2.05, 4.69) is 5.32 Å². The Balaban J connectivity index is 2.18. The molecule has 1 N–H and O–H groups in total. The number of benzene rings is 2. The van der Waals surface area contributed by atoms with E-state index in [1.807, 2.05) is 31.2 Å². The smallest absolute Gasteiger partial charge is 0.262 e. The molecule has 0 spiro atoms. The molecule has 0 unspecified atom stereocenters. The van der Waals surface area contributed by atoms with Crippen molar-refractivity contribution in [2.24, 2.45) is 0 Å². The van der Waals surface area contributed by atoms with Gasteiger partial charge in [-0.3, -0.25) is 4.79 Å². The van der Waals surface area contributed by atoms with Crippen LogP contribution >= 0.6 is 11.6 Å². The zero-order valence-electron chi connectivity index (χ0n) is 16.4. The summed E-state index contributed by atoms with van der Waals surface area (Å²) in [5, 5.41) is 12.6. The second-order valence-electron chi connectivity index (χ2n) is 5.94. The topological polar surface area (TPSA) is 80.6 Å². The lowest BCUT2D eigenvalue weighted by Gasteiger charge is -2.13. The van der Waals surface area contributed by atoms with Crippen molar-refractivity contribution in [2.45, 2.75) is 13.5 Å². The molecular weight excluding hydrogens is 392 g/mol. The second-order valence-corrected chi connectivity index (χ2v) is 6.34. The number of halogens is 1. The van der Waals surface area contributed by atoms with E-state index in [1.165, 1.54) is 13.2 Å². The Kier molecular flexibility index (Phi) is 9.03. The van der Waals surface area contributed by atoms with Crippen molar-refractivity contribution >= 4 is 23.6 Å². The fourth-order valence-electron chi connectivity index (χ4n) is 2.45. The molecule has 6 nitrogen and oxygen atoms in total. The van der Waals surface area contributed by atoms with Gasteiger partial charge in [0.1, 0.15) is 18.2 Å². The number of methoxy groups -OCH3 is 1. The predicted molar refractivity (Wildman–Crippen MR) is 112 cm³/mol. The fourth-order valence-corrected chi connectivity index (χ4v) is 2.64. The largest absolute Gasteiger partial charge is 0.490 e. The molecule has 0 aliphatic carbocycles. The Morgan fingerprint density at radius 3 is 2.69 bits per heavy atom. The highest BCUT2D eigenvalue weighted by molar-refractivity contribution is 6.31. The van der Waals surface area contributed by atoms with Crippen LogP contribution in [0.4, 0.5) is 0 Å². The molecule has 0 saturated heterocycles. The lowest BCUT2D eigenvalue weighted by Crippen LogP contribution is -2.27. The number of hydrogen-bond donors (Lipinski definition) is 1. The number of ether oxygens (including phenoxy) is 3. The minimum Gasteiger partial charge on any atom is -0.490 e. The van der Waals surface area contributed by atoms with Crippen molar-refractivity contribution < 1.29 is 19.0 Å². The summed E-state index contributed by atoms with van der Waals surface area (Å²) in [6.07, 6.45) is 1.50. The van der Waals surface area contributed by atoms with Crippen LogP contribution in [-0.2, 0) is 16.1 Å². The summed E-state index contributed by atoms with van der Waals surface area (Å²) in [6, 6.07) is 14.6. The Labute approximate surface area is 175 Å². The van der Waals surface area contributed by atoms with Crippen molar-refractivity contribution in [2.75, 3.05) is 26.9 Å². The number of nitriles is 1. The third-order valence-corrected chi connectivity index (χ3v) is 4.25. The van der Waals surface area contributed by atoms with Gasteiger partial charge in [-0.05, 0) is 36.8 Å². The molecule has 0 bridgehead atoms. The molecule has 2 rings (SSSR count). The minimum absolute atomic E-state index is 0.00622. The van der Waals surface area contributed by atoms with Crippen LogP contribution in [0.15, 0.2) is 48.0 Å². The standard InChI is InChI=1S/C22H23ClN2O4/c1-3-28-21-13-16(12-18(14-24)22(26)25-10-11-27-2)8-9-20(21)29-15-17-6-4-5-7-19(17)23/h4-9,12-13H,3,10-11,15H2,1-2H3,(H,25,26)/b18-12+. The van der Waals surface area contributed by atoms with Crippen LogP contribution in [-0.4, -0.2) is 32.8 Å². The predicted octanol–water partition coefficient (Wildman–Crippen LogP) is 3.99. The maximum Gasteiger partial charge on any atom is 0.262 e. The molecule has 0 atom stereocenters. The quantitative estimate of drug-likeness (QED) is 0.361. The van der Waals surface area contributed by atoms with Crippen LogP contribution in [0, 0.1) is 11.3 Å². The molecule has 29 heavy (non-hydrogen) atoms. The number of amides is 1. The summed E-state index contributed by atoms with van der Waals surface area (Å²) in [6.45, 7) is 3.30. The summed E-state index contributed by atoms with van der Waals surface area (Å²) in [5.74, 6) is 0.610. The third kappa shape index (κ3) is 6.83. The lowest BCUT2D eigenvalue weighted by atomic mass is 10.1. The van der Waals surface area contributed by atoms with Gasteiger partial charge in [-0.1, -0.05) is 35.9 Å². The number of nitrogens with zero attached hydrogens (tertiary/aromatic N) is 1. The SMILES string of the molecule is CCOc1cc(/C=C(\C#N)C(=O)NCCOC)ccc1OCc1ccccc1Cl. The summed E-state index contributed by atoms with van der Waals surface area (Å²) in [7, 11) is 1.54. The minimum atomic E-state index is -0.457. The fraction of sp³-hybridized carbons (Fsp3) is 0.273. The Morgan fingerprint density at radius 1 is 1.21 bits per heavy atom. The number of nitrogens with one attached hydrogen (secondary N) is 1. The van der Waals surface area contributed by atoms with E-state index in [9.17, 15) is 10.1 Å². The summed E-state index contributed by atoms with van der Waals surface area (Å²) in [4.78, 5) is 12.1. The molecule has 0 aliphatic heterocycles. The zero-order chi connectivity index (χ0) is 21.1. The van der Waals surface area contributed by atoms with Crippen LogP contribution in [0.25, 0.3) is 6.08 Å². The third-order valence-electron chi connectivity index (χ3n) is 3.88. The van der Waals surface area contributed by atoms with Crippen molar-refractivity contribution in [3.05, 3.63) is 64.2 Å². The Morgan fingerprint density at radius 2 is 2.00 bits per heavy atom. The zero-order valence-corrected chi connectivity index (χ0v) is 17.2. The van der Waals surface area contributed by atoms with Gasteiger partial charge in [0.15, 0.2) is 11.5 Å². The van der Waals surface area contributed by atoms with Gasteiger partial charge in [0.05, 0.1) is 13.2 Å². The van der Waals surface area contributed by atoms with Crippen molar-refractivity contribution in [3.63, 3.8) is 0 Å². The van der Waals surface area contributed by atoms with E-state index in [0.717, 1.165) is 5.56 Å². The first kappa shape index (κ1) is 22.3. The van der Waals surface area contributed by atoms with Gasteiger partial charge in [-0.2, -0.15) is 5.26 Å². The molecule has 0 fully saturated rings. The first-order chi connectivity index (χ1) is 14.1. The molecular formula is C22H23ClN2O4. The van der Waals surface area contributed by atoms with Crippen molar-refractivity contribution in [3.8, 4) is 17.6 Å². The maximum atomic E-state index is 12.1. The molecule has 0 saturated carbocycles. The van der Waals surface area contributed by atoms with E-state index in [-0.39, 0.29) is 5.57 Å². The first-order valence-corrected chi connectivity index (χ1v) is 9.48. The summed E-state index contributed by atoms with van der Waals surface area (Å²) >= 11 is 6.17. The summed E-state index contributed by atoms with van der Waals surface area (Å²) in [5.41, 5.74) is 1.50. The van der Waals surface area contributed by atoms with Gasteiger partial charge in [-0.25, -0.2) is 0 Å². The normalized spacial score (nSPS) is 10.9. The van der Waals surface area contributed by atoms with Gasteiger partial charge in [0.25, 0.3) is 5.91 Å². The molecule has 0 radical (unpaired) electrons. The van der Waals surface area contributed by atoms with Crippen molar-refractivity contribution in [1.82, 2.24) is 5.32 Å². The molecule has 0 aromatic heterocycles.